The first kappa shape index (κ1) is 15.2. The Morgan fingerprint density at radius 1 is 1.23 bits per heavy atom. The van der Waals surface area contributed by atoms with E-state index in [1.807, 2.05) is 10.8 Å². The van der Waals surface area contributed by atoms with Gasteiger partial charge in [0.05, 0.1) is 6.33 Å². The molecule has 0 bridgehead atoms. The summed E-state index contributed by atoms with van der Waals surface area (Å²) in [6, 6.07) is 5.54. The Kier molecular flexibility index (Phi) is 4.26. The van der Waals surface area contributed by atoms with Gasteiger partial charge in [0, 0.05) is 32.0 Å². The molecule has 2 aromatic rings. The number of nitrogens with zero attached hydrogens (tertiary/aromatic N) is 3. The molecule has 0 N–H and O–H groups in total. The van der Waals surface area contributed by atoms with E-state index in [-0.39, 0.29) is 4.90 Å². The van der Waals surface area contributed by atoms with E-state index in [2.05, 4.69) is 4.98 Å². The van der Waals surface area contributed by atoms with E-state index in [0.717, 1.165) is 19.4 Å². The predicted molar refractivity (Wildman–Crippen MR) is 80.1 cm³/mol. The fourth-order valence-corrected chi connectivity index (χ4v) is 4.35. The standard InChI is InChI=1S/C15H18FN3O2S/c16-14-3-1-2-4-15(14)22(20,21)19-8-5-13(6-9-19)11-18-10-7-17-12-18/h1-4,7,10,12-13H,5-6,8-9,11H2. The van der Waals surface area contributed by atoms with Crippen LogP contribution in [0.2, 0.25) is 0 Å². The average molecular weight is 323 g/mol. The zero-order chi connectivity index (χ0) is 15.6. The number of halogens is 1. The molecule has 1 aliphatic rings. The molecule has 1 saturated heterocycles. The van der Waals surface area contributed by atoms with E-state index in [0.29, 0.717) is 19.0 Å². The van der Waals surface area contributed by atoms with Crippen LogP contribution in [0, 0.1) is 11.7 Å². The van der Waals surface area contributed by atoms with Gasteiger partial charge in [-0.05, 0) is 30.9 Å². The minimum absolute atomic E-state index is 0.233. The van der Waals surface area contributed by atoms with Crippen molar-refractivity contribution in [2.75, 3.05) is 13.1 Å². The normalized spacial score (nSPS) is 17.7. The predicted octanol–water partition coefficient (Wildman–Crippen LogP) is 2.12. The lowest BCUT2D eigenvalue weighted by Gasteiger charge is -2.31. The number of imidazole rings is 1. The number of hydrogen-bond donors (Lipinski definition) is 0. The molecular formula is C15H18FN3O2S. The molecule has 0 saturated carbocycles. The maximum Gasteiger partial charge on any atom is 0.245 e. The van der Waals surface area contributed by atoms with Gasteiger partial charge in [0.15, 0.2) is 0 Å². The lowest BCUT2D eigenvalue weighted by Crippen LogP contribution is -2.39. The van der Waals surface area contributed by atoms with Crippen molar-refractivity contribution >= 4 is 10.0 Å². The Bertz CT molecular complexity index is 723. The molecule has 0 atom stereocenters. The van der Waals surface area contributed by atoms with Crippen molar-refractivity contribution in [3.8, 4) is 0 Å². The van der Waals surface area contributed by atoms with Crippen molar-refractivity contribution in [3.63, 3.8) is 0 Å². The molecule has 0 spiro atoms. The molecule has 5 nitrogen and oxygen atoms in total. The van der Waals surface area contributed by atoms with Gasteiger partial charge >= 0.3 is 0 Å². The smallest absolute Gasteiger partial charge is 0.245 e. The molecule has 1 aliphatic heterocycles. The lowest BCUT2D eigenvalue weighted by molar-refractivity contribution is 0.252. The fourth-order valence-electron chi connectivity index (χ4n) is 2.82. The van der Waals surface area contributed by atoms with Gasteiger partial charge in [-0.3, -0.25) is 0 Å². The van der Waals surface area contributed by atoms with Crippen molar-refractivity contribution < 1.29 is 12.8 Å². The third-order valence-electron chi connectivity index (χ3n) is 4.06. The van der Waals surface area contributed by atoms with Crippen LogP contribution in [-0.4, -0.2) is 35.4 Å². The van der Waals surface area contributed by atoms with Crippen LogP contribution in [0.5, 0.6) is 0 Å². The highest BCUT2D eigenvalue weighted by Gasteiger charge is 2.31. The molecular weight excluding hydrogens is 305 g/mol. The molecule has 0 amide bonds. The average Bonchev–Trinajstić information content (AvgIpc) is 3.01. The van der Waals surface area contributed by atoms with E-state index in [9.17, 15) is 12.8 Å². The second kappa shape index (κ2) is 6.18. The van der Waals surface area contributed by atoms with Crippen molar-refractivity contribution in [3.05, 3.63) is 48.8 Å². The summed E-state index contributed by atoms with van der Waals surface area (Å²) in [6.07, 6.45) is 6.94. The summed E-state index contributed by atoms with van der Waals surface area (Å²) in [7, 11) is -3.74. The van der Waals surface area contributed by atoms with E-state index in [1.165, 1.54) is 22.5 Å². The summed E-state index contributed by atoms with van der Waals surface area (Å²) in [6.45, 7) is 1.69. The van der Waals surface area contributed by atoms with Crippen LogP contribution in [0.25, 0.3) is 0 Å². The highest BCUT2D eigenvalue weighted by Crippen LogP contribution is 2.25. The minimum atomic E-state index is -3.74. The van der Waals surface area contributed by atoms with Crippen LogP contribution in [0.3, 0.4) is 0 Å². The zero-order valence-electron chi connectivity index (χ0n) is 12.1. The first-order valence-corrected chi connectivity index (χ1v) is 8.72. The number of hydrogen-bond acceptors (Lipinski definition) is 3. The number of rotatable bonds is 4. The molecule has 0 aliphatic carbocycles. The van der Waals surface area contributed by atoms with Crippen LogP contribution in [0.1, 0.15) is 12.8 Å². The molecule has 3 rings (SSSR count). The van der Waals surface area contributed by atoms with E-state index in [4.69, 9.17) is 0 Å². The third kappa shape index (κ3) is 3.05. The molecule has 0 unspecified atom stereocenters. The maximum atomic E-state index is 13.8. The SMILES string of the molecule is O=S(=O)(c1ccccc1F)N1CCC(Cn2ccnc2)CC1. The number of sulfonamides is 1. The van der Waals surface area contributed by atoms with Crippen LogP contribution < -0.4 is 0 Å². The van der Waals surface area contributed by atoms with Crippen molar-refractivity contribution in [2.24, 2.45) is 5.92 Å². The van der Waals surface area contributed by atoms with Gasteiger partial charge < -0.3 is 4.57 Å². The van der Waals surface area contributed by atoms with Crippen LogP contribution in [0.15, 0.2) is 47.9 Å². The largest absolute Gasteiger partial charge is 0.337 e. The summed E-state index contributed by atoms with van der Waals surface area (Å²) in [4.78, 5) is 3.77. The monoisotopic (exact) mass is 323 g/mol. The number of piperidine rings is 1. The van der Waals surface area contributed by atoms with Gasteiger partial charge in [-0.2, -0.15) is 4.31 Å². The van der Waals surface area contributed by atoms with Gasteiger partial charge in [-0.1, -0.05) is 12.1 Å². The van der Waals surface area contributed by atoms with Gasteiger partial charge in [-0.15, -0.1) is 0 Å². The fraction of sp³-hybridized carbons (Fsp3) is 0.400. The third-order valence-corrected chi connectivity index (χ3v) is 5.99. The Balaban J connectivity index is 1.67. The molecule has 2 heterocycles. The summed E-state index contributed by atoms with van der Waals surface area (Å²) >= 11 is 0. The Morgan fingerprint density at radius 3 is 2.59 bits per heavy atom. The second-order valence-corrected chi connectivity index (χ2v) is 7.44. The summed E-state index contributed by atoms with van der Waals surface area (Å²) < 4.78 is 42.1. The number of aromatic nitrogens is 2. The van der Waals surface area contributed by atoms with Crippen LogP contribution in [-0.2, 0) is 16.6 Å². The minimum Gasteiger partial charge on any atom is -0.337 e. The van der Waals surface area contributed by atoms with E-state index in [1.54, 1.807) is 18.6 Å². The lowest BCUT2D eigenvalue weighted by atomic mass is 9.98. The Morgan fingerprint density at radius 2 is 1.95 bits per heavy atom. The van der Waals surface area contributed by atoms with Gasteiger partial charge in [-0.25, -0.2) is 17.8 Å². The van der Waals surface area contributed by atoms with Crippen molar-refractivity contribution in [2.45, 2.75) is 24.3 Å². The maximum absolute atomic E-state index is 13.8. The Hall–Kier alpha value is -1.73. The highest BCUT2D eigenvalue weighted by molar-refractivity contribution is 7.89. The van der Waals surface area contributed by atoms with Crippen LogP contribution in [0.4, 0.5) is 4.39 Å². The molecule has 7 heteroatoms. The molecule has 22 heavy (non-hydrogen) atoms. The summed E-state index contributed by atoms with van der Waals surface area (Å²) in [5.41, 5.74) is 0. The first-order chi connectivity index (χ1) is 10.6. The van der Waals surface area contributed by atoms with Gasteiger partial charge in [0.25, 0.3) is 0 Å². The van der Waals surface area contributed by atoms with Gasteiger partial charge in [0.2, 0.25) is 10.0 Å². The summed E-state index contributed by atoms with van der Waals surface area (Å²) in [5, 5.41) is 0. The van der Waals surface area contributed by atoms with Crippen molar-refractivity contribution in [1.82, 2.24) is 13.9 Å². The second-order valence-electron chi connectivity index (χ2n) is 5.54. The zero-order valence-corrected chi connectivity index (χ0v) is 12.9. The van der Waals surface area contributed by atoms with E-state index < -0.39 is 15.8 Å². The molecule has 118 valence electrons. The summed E-state index contributed by atoms with van der Waals surface area (Å²) in [5.74, 6) is -0.274. The molecule has 1 aromatic heterocycles. The van der Waals surface area contributed by atoms with Crippen molar-refractivity contribution in [1.29, 1.82) is 0 Å². The van der Waals surface area contributed by atoms with Gasteiger partial charge in [0.1, 0.15) is 10.7 Å². The van der Waals surface area contributed by atoms with Crippen LogP contribution >= 0.6 is 0 Å². The number of benzene rings is 1. The Labute approximate surface area is 129 Å². The quantitative estimate of drug-likeness (QED) is 0.866. The molecule has 0 radical (unpaired) electrons. The topological polar surface area (TPSA) is 55.2 Å². The molecule has 1 fully saturated rings. The van der Waals surface area contributed by atoms with E-state index >= 15 is 0 Å². The highest BCUT2D eigenvalue weighted by atomic mass is 32.2. The first-order valence-electron chi connectivity index (χ1n) is 7.28. The molecule has 1 aromatic carbocycles.